The van der Waals surface area contributed by atoms with E-state index in [1.807, 2.05) is 31.2 Å². The van der Waals surface area contributed by atoms with Crippen LogP contribution < -0.4 is 10.1 Å². The molecule has 1 aromatic carbocycles. The third-order valence-electron chi connectivity index (χ3n) is 3.65. The molecule has 3 rings (SSSR count). The summed E-state index contributed by atoms with van der Waals surface area (Å²) in [6.45, 7) is 2.99. The van der Waals surface area contributed by atoms with Crippen LogP contribution in [0.5, 0.6) is 5.75 Å². The van der Waals surface area contributed by atoms with Gasteiger partial charge in [-0.15, -0.1) is 5.10 Å². The average Bonchev–Trinajstić information content (AvgIpc) is 3.31. The number of hydrogen-bond acceptors (Lipinski definition) is 6. The van der Waals surface area contributed by atoms with E-state index in [9.17, 15) is 4.79 Å². The molecule has 0 fully saturated rings. The summed E-state index contributed by atoms with van der Waals surface area (Å²) < 4.78 is 17.5. The molecule has 1 amide bonds. The minimum Gasteiger partial charge on any atom is -0.494 e. The smallest absolute Gasteiger partial charge is 0.274 e. The summed E-state index contributed by atoms with van der Waals surface area (Å²) in [5, 5.41) is 10.9. The van der Waals surface area contributed by atoms with Crippen LogP contribution in [0.4, 0.5) is 0 Å². The van der Waals surface area contributed by atoms with Crippen LogP contribution in [0.1, 0.15) is 28.9 Å². The zero-order valence-corrected chi connectivity index (χ0v) is 14.6. The van der Waals surface area contributed by atoms with Crippen LogP contribution in [0.3, 0.4) is 0 Å². The first kappa shape index (κ1) is 17.7. The molecule has 0 spiro atoms. The highest BCUT2D eigenvalue weighted by Crippen LogP contribution is 2.18. The lowest BCUT2D eigenvalue weighted by molar-refractivity contribution is 0.0937. The van der Waals surface area contributed by atoms with Crippen LogP contribution in [0.2, 0.25) is 0 Å². The number of rotatable bonds is 8. The number of benzene rings is 1. The monoisotopic (exact) mass is 356 g/mol. The fourth-order valence-corrected chi connectivity index (χ4v) is 2.47. The second-order valence-electron chi connectivity index (χ2n) is 5.42. The lowest BCUT2D eigenvalue weighted by atomic mass is 10.2. The number of nitrogens with zero attached hydrogens (tertiary/aromatic N) is 3. The Balaban J connectivity index is 1.81. The van der Waals surface area contributed by atoms with Crippen LogP contribution in [0.15, 0.2) is 47.1 Å². The maximum atomic E-state index is 12.5. The maximum Gasteiger partial charge on any atom is 0.274 e. The summed E-state index contributed by atoms with van der Waals surface area (Å²) in [5.41, 5.74) is 1.54. The normalized spacial score (nSPS) is 10.7. The molecule has 0 aliphatic rings. The van der Waals surface area contributed by atoms with Crippen molar-refractivity contribution in [1.29, 1.82) is 0 Å². The van der Waals surface area contributed by atoms with Gasteiger partial charge in [-0.3, -0.25) is 4.79 Å². The first-order valence-electron chi connectivity index (χ1n) is 8.20. The van der Waals surface area contributed by atoms with Crippen LogP contribution in [0.25, 0.3) is 5.69 Å². The van der Waals surface area contributed by atoms with Crippen molar-refractivity contribution in [3.8, 4) is 11.4 Å². The van der Waals surface area contributed by atoms with Crippen molar-refractivity contribution < 1.29 is 18.7 Å². The molecule has 3 aromatic rings. The van der Waals surface area contributed by atoms with Gasteiger partial charge in [0.2, 0.25) is 0 Å². The number of aromatic nitrogens is 3. The predicted molar refractivity (Wildman–Crippen MR) is 93.1 cm³/mol. The quantitative estimate of drug-likeness (QED) is 0.666. The van der Waals surface area contributed by atoms with Gasteiger partial charge in [0.15, 0.2) is 5.69 Å². The van der Waals surface area contributed by atoms with Crippen molar-refractivity contribution in [2.45, 2.75) is 20.1 Å². The fourth-order valence-electron chi connectivity index (χ4n) is 2.47. The van der Waals surface area contributed by atoms with Gasteiger partial charge in [-0.1, -0.05) is 5.21 Å². The summed E-state index contributed by atoms with van der Waals surface area (Å²) in [6, 6.07) is 10.9. The number of furan rings is 1. The molecular weight excluding hydrogens is 336 g/mol. The molecule has 0 aliphatic heterocycles. The molecule has 26 heavy (non-hydrogen) atoms. The third-order valence-corrected chi connectivity index (χ3v) is 3.65. The van der Waals surface area contributed by atoms with Gasteiger partial charge in [0.05, 0.1) is 31.7 Å². The van der Waals surface area contributed by atoms with Crippen molar-refractivity contribution in [2.75, 3.05) is 13.7 Å². The lowest BCUT2D eigenvalue weighted by Gasteiger charge is -2.09. The molecular formula is C18H20N4O4. The van der Waals surface area contributed by atoms with Crippen LogP contribution in [-0.4, -0.2) is 34.6 Å². The molecule has 0 aliphatic carbocycles. The predicted octanol–water partition coefficient (Wildman–Crippen LogP) is 2.34. The van der Waals surface area contributed by atoms with Crippen molar-refractivity contribution in [2.24, 2.45) is 0 Å². The highest BCUT2D eigenvalue weighted by molar-refractivity contribution is 5.93. The zero-order valence-electron chi connectivity index (χ0n) is 14.6. The number of hydrogen-bond donors (Lipinski definition) is 1. The molecule has 2 aromatic heterocycles. The Hall–Kier alpha value is -3.13. The molecule has 0 bridgehead atoms. The van der Waals surface area contributed by atoms with Crippen LogP contribution in [0, 0.1) is 0 Å². The van der Waals surface area contributed by atoms with E-state index in [2.05, 4.69) is 15.6 Å². The Bertz CT molecular complexity index is 841. The van der Waals surface area contributed by atoms with Gasteiger partial charge in [0.25, 0.3) is 5.91 Å². The van der Waals surface area contributed by atoms with E-state index in [-0.39, 0.29) is 24.8 Å². The number of ether oxygens (including phenoxy) is 2. The van der Waals surface area contributed by atoms with Crippen molar-refractivity contribution >= 4 is 5.91 Å². The van der Waals surface area contributed by atoms with E-state index in [1.54, 1.807) is 30.2 Å². The van der Waals surface area contributed by atoms with Crippen LogP contribution in [-0.2, 0) is 17.9 Å². The first-order chi connectivity index (χ1) is 12.7. The summed E-state index contributed by atoms with van der Waals surface area (Å²) in [7, 11) is 1.56. The Kier molecular flexibility index (Phi) is 5.65. The number of methoxy groups -OCH3 is 1. The second-order valence-corrected chi connectivity index (χ2v) is 5.42. The minimum atomic E-state index is -0.342. The summed E-state index contributed by atoms with van der Waals surface area (Å²) in [6.07, 6.45) is 1.56. The van der Waals surface area contributed by atoms with Crippen LogP contribution >= 0.6 is 0 Å². The zero-order chi connectivity index (χ0) is 18.4. The first-order valence-corrected chi connectivity index (χ1v) is 8.20. The number of carbonyl (C=O) groups excluding carboxylic acids is 1. The van der Waals surface area contributed by atoms with E-state index in [0.29, 0.717) is 18.1 Å². The molecule has 0 unspecified atom stereocenters. The summed E-state index contributed by atoms with van der Waals surface area (Å²) >= 11 is 0. The van der Waals surface area contributed by atoms with Crippen molar-refractivity contribution in [3.63, 3.8) is 0 Å². The van der Waals surface area contributed by atoms with E-state index in [0.717, 1.165) is 11.4 Å². The largest absolute Gasteiger partial charge is 0.494 e. The van der Waals surface area contributed by atoms with Gasteiger partial charge in [-0.25, -0.2) is 4.68 Å². The number of carbonyl (C=O) groups is 1. The highest BCUT2D eigenvalue weighted by atomic mass is 16.5. The Labute approximate surface area is 150 Å². The minimum absolute atomic E-state index is 0.198. The van der Waals surface area contributed by atoms with Gasteiger partial charge < -0.3 is 19.2 Å². The molecule has 8 nitrogen and oxygen atoms in total. The van der Waals surface area contributed by atoms with Crippen molar-refractivity contribution in [1.82, 2.24) is 20.3 Å². The molecule has 8 heteroatoms. The van der Waals surface area contributed by atoms with Gasteiger partial charge >= 0.3 is 0 Å². The lowest BCUT2D eigenvalue weighted by Crippen LogP contribution is -2.24. The van der Waals surface area contributed by atoms with E-state index in [4.69, 9.17) is 13.9 Å². The SMILES string of the molecule is CCOc1ccc(-n2nnc(C(=O)NCc3ccco3)c2COC)cc1. The summed E-state index contributed by atoms with van der Waals surface area (Å²) in [5.74, 6) is 1.08. The topological polar surface area (TPSA) is 91.4 Å². The van der Waals surface area contributed by atoms with E-state index in [1.165, 1.54) is 0 Å². The Morgan fingerprint density at radius 2 is 2.08 bits per heavy atom. The molecule has 1 N–H and O–H groups in total. The second kappa shape index (κ2) is 8.30. The molecule has 0 atom stereocenters. The average molecular weight is 356 g/mol. The molecule has 2 heterocycles. The Morgan fingerprint density at radius 3 is 2.73 bits per heavy atom. The van der Waals surface area contributed by atoms with Crippen molar-refractivity contribution in [3.05, 3.63) is 59.8 Å². The van der Waals surface area contributed by atoms with Gasteiger partial charge in [-0.05, 0) is 43.3 Å². The van der Waals surface area contributed by atoms with E-state index >= 15 is 0 Å². The fraction of sp³-hybridized carbons (Fsp3) is 0.278. The maximum absolute atomic E-state index is 12.5. The third kappa shape index (κ3) is 3.92. The molecule has 0 radical (unpaired) electrons. The van der Waals surface area contributed by atoms with E-state index < -0.39 is 0 Å². The number of nitrogens with one attached hydrogen (secondary N) is 1. The van der Waals surface area contributed by atoms with Gasteiger partial charge in [-0.2, -0.15) is 0 Å². The summed E-state index contributed by atoms with van der Waals surface area (Å²) in [4.78, 5) is 12.5. The highest BCUT2D eigenvalue weighted by Gasteiger charge is 2.20. The Morgan fingerprint density at radius 1 is 1.27 bits per heavy atom. The molecule has 0 saturated carbocycles. The van der Waals surface area contributed by atoms with Gasteiger partial charge in [0, 0.05) is 7.11 Å². The number of amides is 1. The van der Waals surface area contributed by atoms with Gasteiger partial charge in [0.1, 0.15) is 17.2 Å². The molecule has 0 saturated heterocycles. The standard InChI is InChI=1S/C18H20N4O4/c1-3-25-14-8-6-13(7-9-14)22-16(12-24-2)17(20-21-22)18(23)19-11-15-5-4-10-26-15/h4-10H,3,11-12H2,1-2H3,(H,19,23). The molecule has 136 valence electrons.